The van der Waals surface area contributed by atoms with Crippen molar-refractivity contribution >= 4 is 36.6 Å². The van der Waals surface area contributed by atoms with Crippen molar-refractivity contribution in [3.05, 3.63) is 0 Å². The van der Waals surface area contributed by atoms with Gasteiger partial charge in [0.2, 0.25) is 11.8 Å². The van der Waals surface area contributed by atoms with E-state index in [1.165, 1.54) is 0 Å². The molecule has 1 atom stereocenters. The van der Waals surface area contributed by atoms with Gasteiger partial charge in [-0.1, -0.05) is 0 Å². The summed E-state index contributed by atoms with van der Waals surface area (Å²) in [6.07, 6.45) is 3.77. The van der Waals surface area contributed by atoms with Crippen LogP contribution in [0, 0.1) is 0 Å². The van der Waals surface area contributed by atoms with Crippen LogP contribution in [0.2, 0.25) is 0 Å². The molecule has 0 aromatic rings. The van der Waals surface area contributed by atoms with E-state index in [9.17, 15) is 9.59 Å². The van der Waals surface area contributed by atoms with E-state index < -0.39 is 0 Å². The Hall–Kier alpha value is -0.560. The van der Waals surface area contributed by atoms with Crippen molar-refractivity contribution in [1.29, 1.82) is 0 Å². The van der Waals surface area contributed by atoms with Gasteiger partial charge >= 0.3 is 0 Å². The molecule has 2 saturated heterocycles. The molecular formula is C16H32Cl2N4O2. The Morgan fingerprint density at radius 3 is 2.08 bits per heavy atom. The van der Waals surface area contributed by atoms with Gasteiger partial charge in [0.15, 0.2) is 0 Å². The topological polar surface area (TPSA) is 55.9 Å². The fourth-order valence-corrected chi connectivity index (χ4v) is 3.29. The van der Waals surface area contributed by atoms with E-state index in [1.807, 2.05) is 23.8 Å². The number of halogens is 2. The first kappa shape index (κ1) is 23.4. The molecule has 0 radical (unpaired) electrons. The monoisotopic (exact) mass is 382 g/mol. The van der Waals surface area contributed by atoms with E-state index in [2.05, 4.69) is 10.2 Å². The lowest BCUT2D eigenvalue weighted by molar-refractivity contribution is -0.138. The summed E-state index contributed by atoms with van der Waals surface area (Å²) in [5.41, 5.74) is 0. The van der Waals surface area contributed by atoms with E-state index in [0.29, 0.717) is 6.42 Å². The number of rotatable bonds is 6. The quantitative estimate of drug-likeness (QED) is 0.695. The Morgan fingerprint density at radius 2 is 1.54 bits per heavy atom. The summed E-state index contributed by atoms with van der Waals surface area (Å²) in [5, 5.41) is 3.07. The molecule has 0 saturated carbocycles. The highest BCUT2D eigenvalue weighted by Gasteiger charge is 2.30. The van der Waals surface area contributed by atoms with Crippen molar-refractivity contribution in [3.63, 3.8) is 0 Å². The van der Waals surface area contributed by atoms with Gasteiger partial charge in [-0.3, -0.25) is 14.5 Å². The van der Waals surface area contributed by atoms with Gasteiger partial charge in [-0.05, 0) is 39.8 Å². The van der Waals surface area contributed by atoms with Crippen molar-refractivity contribution in [3.8, 4) is 0 Å². The molecule has 0 aromatic heterocycles. The Kier molecular flexibility index (Phi) is 11.6. The number of nitrogens with one attached hydrogen (secondary N) is 1. The average Bonchev–Trinajstić information content (AvgIpc) is 3.08. The number of hydrogen-bond acceptors (Lipinski definition) is 4. The van der Waals surface area contributed by atoms with Crippen molar-refractivity contribution < 1.29 is 9.59 Å². The number of piperazine rings is 1. The van der Waals surface area contributed by atoms with E-state index in [4.69, 9.17) is 0 Å². The molecule has 0 aliphatic carbocycles. The molecule has 6 nitrogen and oxygen atoms in total. The molecule has 142 valence electrons. The number of hydrogen-bond donors (Lipinski definition) is 1. The molecule has 0 spiro atoms. The minimum Gasteiger partial charge on any atom is -0.341 e. The van der Waals surface area contributed by atoms with Gasteiger partial charge in [-0.2, -0.15) is 0 Å². The SMILES string of the molecule is CNCCCC(=O)N1CCN(C(C)C(=O)N2CCCC2)CC1.Cl.Cl. The van der Waals surface area contributed by atoms with Crippen LogP contribution in [-0.2, 0) is 9.59 Å². The third-order valence-electron chi connectivity index (χ3n) is 4.81. The van der Waals surface area contributed by atoms with Gasteiger partial charge in [0.05, 0.1) is 6.04 Å². The molecular weight excluding hydrogens is 351 g/mol. The van der Waals surface area contributed by atoms with Crippen molar-refractivity contribution in [2.24, 2.45) is 0 Å². The summed E-state index contributed by atoms with van der Waals surface area (Å²) < 4.78 is 0. The molecule has 0 bridgehead atoms. The van der Waals surface area contributed by atoms with Crippen LogP contribution in [0.15, 0.2) is 0 Å². The lowest BCUT2D eigenvalue weighted by Gasteiger charge is -2.38. The van der Waals surface area contributed by atoms with Crippen molar-refractivity contribution in [1.82, 2.24) is 20.0 Å². The van der Waals surface area contributed by atoms with Gasteiger partial charge in [-0.15, -0.1) is 24.8 Å². The maximum absolute atomic E-state index is 12.4. The highest BCUT2D eigenvalue weighted by molar-refractivity contribution is 5.85. The van der Waals surface area contributed by atoms with Crippen molar-refractivity contribution in [2.75, 3.05) is 52.9 Å². The number of amides is 2. The molecule has 1 unspecified atom stereocenters. The van der Waals surface area contributed by atoms with Gasteiger partial charge in [0.1, 0.15) is 0 Å². The van der Waals surface area contributed by atoms with Gasteiger partial charge in [0, 0.05) is 45.7 Å². The largest absolute Gasteiger partial charge is 0.341 e. The van der Waals surface area contributed by atoms with Gasteiger partial charge in [0.25, 0.3) is 0 Å². The van der Waals surface area contributed by atoms with Crippen LogP contribution in [-0.4, -0.2) is 85.4 Å². The van der Waals surface area contributed by atoms with Crippen LogP contribution < -0.4 is 5.32 Å². The molecule has 0 aromatic carbocycles. The Labute approximate surface area is 158 Å². The summed E-state index contributed by atoms with van der Waals surface area (Å²) in [6, 6.07) is -0.0559. The Morgan fingerprint density at radius 1 is 0.958 bits per heavy atom. The second-order valence-electron chi connectivity index (χ2n) is 6.33. The Bertz CT molecular complexity index is 384. The van der Waals surface area contributed by atoms with Crippen LogP contribution in [0.25, 0.3) is 0 Å². The zero-order valence-corrected chi connectivity index (χ0v) is 16.5. The maximum atomic E-state index is 12.4. The van der Waals surface area contributed by atoms with Crippen LogP contribution in [0.1, 0.15) is 32.6 Å². The predicted octanol–water partition coefficient (Wildman–Crippen LogP) is 0.985. The first-order chi connectivity index (χ1) is 10.6. The third-order valence-corrected chi connectivity index (χ3v) is 4.81. The summed E-state index contributed by atoms with van der Waals surface area (Å²) in [6.45, 7) is 7.81. The highest BCUT2D eigenvalue weighted by Crippen LogP contribution is 2.14. The summed E-state index contributed by atoms with van der Waals surface area (Å²) in [5.74, 6) is 0.500. The maximum Gasteiger partial charge on any atom is 0.239 e. The second kappa shape index (κ2) is 11.9. The number of likely N-dealkylation sites (tertiary alicyclic amines) is 1. The standard InChI is InChI=1S/C16H30N4O2.2ClH/c1-14(16(22)20-8-3-4-9-20)18-10-12-19(13-11-18)15(21)6-5-7-17-2;;/h14,17H,3-13H2,1-2H3;2*1H. The number of nitrogens with zero attached hydrogens (tertiary/aromatic N) is 3. The van der Waals surface area contributed by atoms with Gasteiger partial charge in [-0.25, -0.2) is 0 Å². The lowest BCUT2D eigenvalue weighted by Crippen LogP contribution is -2.55. The fraction of sp³-hybridized carbons (Fsp3) is 0.875. The molecule has 1 N–H and O–H groups in total. The van der Waals surface area contributed by atoms with E-state index in [0.717, 1.165) is 65.1 Å². The molecule has 2 rings (SSSR count). The molecule has 2 aliphatic heterocycles. The molecule has 2 amide bonds. The third kappa shape index (κ3) is 6.39. The van der Waals surface area contributed by atoms with E-state index in [1.54, 1.807) is 0 Å². The van der Waals surface area contributed by atoms with E-state index >= 15 is 0 Å². The zero-order valence-electron chi connectivity index (χ0n) is 14.8. The first-order valence-electron chi connectivity index (χ1n) is 8.58. The second-order valence-corrected chi connectivity index (χ2v) is 6.33. The van der Waals surface area contributed by atoms with Crippen LogP contribution in [0.5, 0.6) is 0 Å². The minimum atomic E-state index is -0.0559. The number of carbonyl (C=O) groups is 2. The molecule has 2 fully saturated rings. The zero-order chi connectivity index (χ0) is 15.9. The number of carbonyl (C=O) groups excluding carboxylic acids is 2. The summed E-state index contributed by atoms with van der Waals surface area (Å²) in [4.78, 5) is 30.7. The van der Waals surface area contributed by atoms with E-state index in [-0.39, 0.29) is 42.7 Å². The van der Waals surface area contributed by atoms with Crippen LogP contribution in [0.3, 0.4) is 0 Å². The summed E-state index contributed by atoms with van der Waals surface area (Å²) >= 11 is 0. The minimum absolute atomic E-state index is 0. The molecule has 2 heterocycles. The lowest BCUT2D eigenvalue weighted by atomic mass is 10.2. The predicted molar refractivity (Wildman–Crippen MR) is 101 cm³/mol. The smallest absolute Gasteiger partial charge is 0.239 e. The highest BCUT2D eigenvalue weighted by atomic mass is 35.5. The molecule has 2 aliphatic rings. The fourth-order valence-electron chi connectivity index (χ4n) is 3.29. The van der Waals surface area contributed by atoms with Crippen molar-refractivity contribution in [2.45, 2.75) is 38.6 Å². The molecule has 8 heteroatoms. The first-order valence-corrected chi connectivity index (χ1v) is 8.58. The molecule has 24 heavy (non-hydrogen) atoms. The summed E-state index contributed by atoms with van der Waals surface area (Å²) in [7, 11) is 1.90. The normalized spacial score (nSPS) is 19.4. The Balaban J connectivity index is 0.00000264. The van der Waals surface area contributed by atoms with Crippen LogP contribution >= 0.6 is 24.8 Å². The average molecular weight is 383 g/mol. The van der Waals surface area contributed by atoms with Gasteiger partial charge < -0.3 is 15.1 Å². The van der Waals surface area contributed by atoms with Crippen LogP contribution in [0.4, 0.5) is 0 Å².